The van der Waals surface area contributed by atoms with E-state index in [1.54, 1.807) is 11.0 Å². The fourth-order valence-corrected chi connectivity index (χ4v) is 4.91. The molecule has 1 aromatic heterocycles. The number of thiophene rings is 1. The summed E-state index contributed by atoms with van der Waals surface area (Å²) in [7, 11) is 0. The number of benzene rings is 1. The lowest BCUT2D eigenvalue weighted by Crippen LogP contribution is -2.39. The number of amides is 1. The third-order valence-corrected chi connectivity index (χ3v) is 6.96. The molecular weight excluding hydrogens is 446 g/mol. The van der Waals surface area contributed by atoms with Crippen molar-refractivity contribution in [2.45, 2.75) is 59.8 Å². The van der Waals surface area contributed by atoms with Gasteiger partial charge in [-0.2, -0.15) is 0 Å². The summed E-state index contributed by atoms with van der Waals surface area (Å²) in [5.41, 5.74) is 0.260. The van der Waals surface area contributed by atoms with Crippen LogP contribution in [0.1, 0.15) is 74.3 Å². The van der Waals surface area contributed by atoms with Gasteiger partial charge in [-0.3, -0.25) is 4.79 Å². The minimum Gasteiger partial charge on any atom is -0.494 e. The van der Waals surface area contributed by atoms with Gasteiger partial charge in [0.2, 0.25) is 5.91 Å². The molecule has 0 aliphatic heterocycles. The van der Waals surface area contributed by atoms with Crippen LogP contribution in [0.5, 0.6) is 5.75 Å². The third kappa shape index (κ3) is 7.36. The van der Waals surface area contributed by atoms with Gasteiger partial charge in [0, 0.05) is 17.9 Å². The molecule has 3 rings (SSSR count). The fraction of sp³-hybridized carbons (Fsp3) is 0.500. The number of aromatic carboxylic acids is 1. The highest BCUT2D eigenvalue weighted by atomic mass is 32.1. The number of carboxylic acids is 1. The minimum atomic E-state index is -1.03. The minimum absolute atomic E-state index is 0.0160. The lowest BCUT2D eigenvalue weighted by molar-refractivity contribution is -0.123. The summed E-state index contributed by atoms with van der Waals surface area (Å²) in [6.45, 7) is 9.11. The van der Waals surface area contributed by atoms with E-state index in [4.69, 9.17) is 4.74 Å². The number of hydrogen-bond acceptors (Lipinski definition) is 4. The van der Waals surface area contributed by atoms with Gasteiger partial charge in [-0.15, -0.1) is 11.3 Å². The van der Waals surface area contributed by atoms with Gasteiger partial charge in [-0.25, -0.2) is 4.79 Å². The summed E-state index contributed by atoms with van der Waals surface area (Å²) in [6.07, 6.45) is 4.35. The molecule has 182 valence electrons. The maximum atomic E-state index is 13.6. The SMILES string of the molecule is CC1CCC(C(=O)N(CCCOc2ccccc2)c2cc(C#CC(C)(C)C)sc2C(=O)O)CC1. The lowest BCUT2D eigenvalue weighted by Gasteiger charge is -2.31. The highest BCUT2D eigenvalue weighted by Gasteiger charge is 2.31. The van der Waals surface area contributed by atoms with Crippen molar-refractivity contribution in [2.75, 3.05) is 18.1 Å². The molecule has 1 aromatic carbocycles. The topological polar surface area (TPSA) is 66.8 Å². The number of carbonyl (C=O) groups is 2. The Balaban J connectivity index is 1.84. The number of nitrogens with zero attached hydrogens (tertiary/aromatic N) is 1. The monoisotopic (exact) mass is 481 g/mol. The maximum absolute atomic E-state index is 13.6. The van der Waals surface area contributed by atoms with Crippen LogP contribution in [0.15, 0.2) is 36.4 Å². The van der Waals surface area contributed by atoms with E-state index in [0.29, 0.717) is 36.1 Å². The second-order valence-corrected chi connectivity index (χ2v) is 11.1. The maximum Gasteiger partial charge on any atom is 0.348 e. The van der Waals surface area contributed by atoms with Crippen LogP contribution in [-0.2, 0) is 4.79 Å². The normalized spacial score (nSPS) is 18.0. The molecule has 0 radical (unpaired) electrons. The largest absolute Gasteiger partial charge is 0.494 e. The van der Waals surface area contributed by atoms with Crippen molar-refractivity contribution in [1.82, 2.24) is 0 Å². The predicted octanol–water partition coefficient (Wildman–Crippen LogP) is 6.47. The van der Waals surface area contributed by atoms with Gasteiger partial charge in [0.25, 0.3) is 0 Å². The van der Waals surface area contributed by atoms with Crippen molar-refractivity contribution in [2.24, 2.45) is 17.3 Å². The molecule has 0 spiro atoms. The van der Waals surface area contributed by atoms with E-state index in [0.717, 1.165) is 42.8 Å². The molecule has 1 aliphatic carbocycles. The second-order valence-electron chi connectivity index (χ2n) is 10.1. The van der Waals surface area contributed by atoms with Gasteiger partial charge >= 0.3 is 5.97 Å². The summed E-state index contributed by atoms with van der Waals surface area (Å²) < 4.78 is 5.82. The van der Waals surface area contributed by atoms with Crippen molar-refractivity contribution < 1.29 is 19.4 Å². The summed E-state index contributed by atoms with van der Waals surface area (Å²) in [6, 6.07) is 11.3. The van der Waals surface area contributed by atoms with Crippen molar-refractivity contribution in [1.29, 1.82) is 0 Å². The molecule has 2 aromatic rings. The summed E-state index contributed by atoms with van der Waals surface area (Å²) in [4.78, 5) is 28.2. The van der Waals surface area contributed by atoms with E-state index < -0.39 is 5.97 Å². The number of rotatable bonds is 8. The average Bonchev–Trinajstić information content (AvgIpc) is 3.22. The Morgan fingerprint density at radius 3 is 2.44 bits per heavy atom. The van der Waals surface area contributed by atoms with Crippen LogP contribution < -0.4 is 9.64 Å². The standard InChI is InChI=1S/C28H35NO4S/c1-20-11-13-21(14-12-20)26(30)29(17-8-18-33-22-9-6-5-7-10-22)24-19-23(15-16-28(2,3)4)34-25(24)27(31)32/h5-7,9-10,19-21H,8,11-14,17-18H2,1-4H3,(H,31,32). The van der Waals surface area contributed by atoms with Crippen molar-refractivity contribution in [3.63, 3.8) is 0 Å². The zero-order valence-corrected chi connectivity index (χ0v) is 21.4. The van der Waals surface area contributed by atoms with E-state index in [-0.39, 0.29) is 22.1 Å². The first-order valence-corrected chi connectivity index (χ1v) is 12.8. The van der Waals surface area contributed by atoms with Crippen LogP contribution in [0.3, 0.4) is 0 Å². The van der Waals surface area contributed by atoms with Crippen LogP contribution in [0.4, 0.5) is 5.69 Å². The van der Waals surface area contributed by atoms with Crippen LogP contribution in [0, 0.1) is 29.1 Å². The first-order valence-electron chi connectivity index (χ1n) is 12.0. The molecule has 1 heterocycles. The van der Waals surface area contributed by atoms with Gasteiger partial charge < -0.3 is 14.7 Å². The Bertz CT molecular complexity index is 1030. The van der Waals surface area contributed by atoms with Crippen LogP contribution in [0.2, 0.25) is 0 Å². The Labute approximate surface area is 207 Å². The Morgan fingerprint density at radius 1 is 1.15 bits per heavy atom. The van der Waals surface area contributed by atoms with Crippen molar-refractivity contribution in [3.8, 4) is 17.6 Å². The molecule has 1 aliphatic rings. The number of carboxylic acid groups (broad SMARTS) is 1. The molecule has 1 fully saturated rings. The van der Waals surface area contributed by atoms with E-state index in [2.05, 4.69) is 18.8 Å². The first kappa shape index (κ1) is 25.8. The Hall–Kier alpha value is -2.78. The molecule has 1 saturated carbocycles. The average molecular weight is 482 g/mol. The molecule has 34 heavy (non-hydrogen) atoms. The van der Waals surface area contributed by atoms with Crippen molar-refractivity contribution in [3.05, 3.63) is 46.2 Å². The number of para-hydroxylation sites is 1. The zero-order valence-electron chi connectivity index (χ0n) is 20.6. The molecule has 1 N–H and O–H groups in total. The summed E-state index contributed by atoms with van der Waals surface area (Å²) in [5.74, 6) is 6.61. The van der Waals surface area contributed by atoms with E-state index in [9.17, 15) is 14.7 Å². The summed E-state index contributed by atoms with van der Waals surface area (Å²) >= 11 is 1.14. The van der Waals surface area contributed by atoms with Gasteiger partial charge in [-0.1, -0.05) is 37.0 Å². The molecule has 0 unspecified atom stereocenters. The van der Waals surface area contributed by atoms with Crippen molar-refractivity contribution >= 4 is 28.9 Å². The smallest absolute Gasteiger partial charge is 0.348 e. The van der Waals surface area contributed by atoms with E-state index in [1.807, 2.05) is 51.1 Å². The molecule has 0 atom stereocenters. The fourth-order valence-electron chi connectivity index (χ4n) is 4.05. The predicted molar refractivity (Wildman–Crippen MR) is 138 cm³/mol. The van der Waals surface area contributed by atoms with E-state index in [1.165, 1.54) is 0 Å². The highest BCUT2D eigenvalue weighted by Crippen LogP contribution is 2.35. The number of anilines is 1. The number of hydrogen-bond donors (Lipinski definition) is 1. The second kappa shape index (κ2) is 11.6. The third-order valence-electron chi connectivity index (χ3n) is 5.93. The quantitative estimate of drug-likeness (QED) is 0.346. The summed E-state index contributed by atoms with van der Waals surface area (Å²) in [5, 5.41) is 9.90. The molecule has 0 saturated heterocycles. The van der Waals surface area contributed by atoms with Gasteiger partial charge in [0.15, 0.2) is 0 Å². The molecule has 6 heteroatoms. The van der Waals surface area contributed by atoms with Crippen LogP contribution in [0.25, 0.3) is 0 Å². The van der Waals surface area contributed by atoms with Crippen LogP contribution in [-0.4, -0.2) is 30.1 Å². The molecule has 1 amide bonds. The molecule has 5 nitrogen and oxygen atoms in total. The van der Waals surface area contributed by atoms with Gasteiger partial charge in [0.1, 0.15) is 10.6 Å². The Morgan fingerprint density at radius 2 is 1.82 bits per heavy atom. The van der Waals surface area contributed by atoms with Crippen LogP contribution >= 0.6 is 11.3 Å². The van der Waals surface area contributed by atoms with Gasteiger partial charge in [-0.05, 0) is 77.0 Å². The Kier molecular flexibility index (Phi) is 8.79. The van der Waals surface area contributed by atoms with E-state index >= 15 is 0 Å². The highest BCUT2D eigenvalue weighted by molar-refractivity contribution is 7.15. The molecular formula is C28H35NO4S. The number of carbonyl (C=O) groups excluding carboxylic acids is 1. The molecule has 0 bridgehead atoms. The lowest BCUT2D eigenvalue weighted by atomic mass is 9.82. The zero-order chi connectivity index (χ0) is 24.7. The van der Waals surface area contributed by atoms with Gasteiger partial charge in [0.05, 0.1) is 17.2 Å². The first-order chi connectivity index (χ1) is 16.1. The number of ether oxygens (including phenoxy) is 1.